The fraction of sp³-hybridized carbons (Fsp3) is 0.143. The van der Waals surface area contributed by atoms with Crippen LogP contribution in [0.2, 0.25) is 0 Å². The van der Waals surface area contributed by atoms with Crippen molar-refractivity contribution in [3.05, 3.63) is 89.5 Å². The molecule has 0 aromatic heterocycles. The van der Waals surface area contributed by atoms with Crippen LogP contribution in [-0.4, -0.2) is 5.11 Å². The van der Waals surface area contributed by atoms with E-state index in [1.54, 1.807) is 12.1 Å². The molecular weight excluding hydrogens is 298 g/mol. The van der Waals surface area contributed by atoms with Gasteiger partial charge in [0.15, 0.2) is 0 Å². The number of phenolic OH excluding ortho intramolecular Hbond substituents is 1. The molecule has 3 aromatic rings. The molecule has 0 amide bonds. The van der Waals surface area contributed by atoms with Crippen molar-refractivity contribution in [1.82, 2.24) is 0 Å². The molecule has 0 atom stereocenters. The Morgan fingerprint density at radius 1 is 0.875 bits per heavy atom. The number of hydrogen-bond acceptors (Lipinski definition) is 3. The Balaban J connectivity index is 1.53. The second kappa shape index (κ2) is 7.55. The topological polar surface area (TPSA) is 41.5 Å². The van der Waals surface area contributed by atoms with Crippen LogP contribution in [0.1, 0.15) is 16.7 Å². The Labute approximate surface area is 142 Å². The number of nitrogens with one attached hydrogen (secondary N) is 1. The highest BCUT2D eigenvalue weighted by atomic mass is 16.5. The Kier molecular flexibility index (Phi) is 5.02. The van der Waals surface area contributed by atoms with E-state index in [1.165, 1.54) is 16.7 Å². The fourth-order valence-electron chi connectivity index (χ4n) is 2.42. The molecule has 0 saturated carbocycles. The van der Waals surface area contributed by atoms with E-state index < -0.39 is 0 Å². The minimum absolute atomic E-state index is 0.274. The number of ether oxygens (including phenoxy) is 1. The average Bonchev–Trinajstić information content (AvgIpc) is 2.61. The molecule has 0 unspecified atom stereocenters. The van der Waals surface area contributed by atoms with E-state index in [2.05, 4.69) is 36.5 Å². The van der Waals surface area contributed by atoms with Crippen LogP contribution in [-0.2, 0) is 13.2 Å². The van der Waals surface area contributed by atoms with Crippen LogP contribution < -0.4 is 10.1 Å². The van der Waals surface area contributed by atoms with E-state index in [0.717, 1.165) is 18.0 Å². The summed E-state index contributed by atoms with van der Waals surface area (Å²) in [7, 11) is 0. The molecular formula is C21H21NO2. The smallest absolute Gasteiger partial charge is 0.119 e. The summed E-state index contributed by atoms with van der Waals surface area (Å²) in [5.74, 6) is 1.14. The fourth-order valence-corrected chi connectivity index (χ4v) is 2.42. The summed E-state index contributed by atoms with van der Waals surface area (Å²) in [6.07, 6.45) is 0. The normalized spacial score (nSPS) is 10.4. The summed E-state index contributed by atoms with van der Waals surface area (Å²) in [6.45, 7) is 3.40. The molecule has 0 radical (unpaired) electrons. The molecule has 2 N–H and O–H groups in total. The highest BCUT2D eigenvalue weighted by molar-refractivity contribution is 5.46. The molecule has 122 valence electrons. The lowest BCUT2D eigenvalue weighted by molar-refractivity contribution is 0.305. The summed E-state index contributed by atoms with van der Waals surface area (Å²) < 4.78 is 5.86. The van der Waals surface area contributed by atoms with Gasteiger partial charge in [0.25, 0.3) is 0 Å². The number of rotatable bonds is 6. The van der Waals surface area contributed by atoms with Crippen LogP contribution in [0.3, 0.4) is 0 Å². The molecule has 24 heavy (non-hydrogen) atoms. The van der Waals surface area contributed by atoms with E-state index in [4.69, 9.17) is 4.74 Å². The van der Waals surface area contributed by atoms with Gasteiger partial charge in [0, 0.05) is 12.2 Å². The van der Waals surface area contributed by atoms with Gasteiger partial charge in [-0.25, -0.2) is 0 Å². The van der Waals surface area contributed by atoms with Gasteiger partial charge in [-0.05, 0) is 60.0 Å². The van der Waals surface area contributed by atoms with E-state index in [1.807, 2.05) is 36.4 Å². The molecule has 0 aliphatic carbocycles. The van der Waals surface area contributed by atoms with Crippen molar-refractivity contribution in [2.24, 2.45) is 0 Å². The Hall–Kier alpha value is -2.94. The van der Waals surface area contributed by atoms with Crippen molar-refractivity contribution in [3.8, 4) is 11.5 Å². The second-order valence-electron chi connectivity index (χ2n) is 5.76. The quantitative estimate of drug-likeness (QED) is 0.636. The molecule has 3 heteroatoms. The first-order valence-electron chi connectivity index (χ1n) is 8.00. The number of hydrogen-bond donors (Lipinski definition) is 2. The molecule has 3 rings (SSSR count). The van der Waals surface area contributed by atoms with E-state index >= 15 is 0 Å². The van der Waals surface area contributed by atoms with Crippen molar-refractivity contribution in [1.29, 1.82) is 0 Å². The first-order valence-corrected chi connectivity index (χ1v) is 8.00. The predicted octanol–water partition coefficient (Wildman–Crippen LogP) is 4.89. The van der Waals surface area contributed by atoms with Gasteiger partial charge < -0.3 is 15.2 Å². The van der Waals surface area contributed by atoms with Gasteiger partial charge in [-0.2, -0.15) is 0 Å². The summed E-state index contributed by atoms with van der Waals surface area (Å²) in [6, 6.07) is 23.4. The number of aryl methyl sites for hydroxylation is 1. The average molecular weight is 319 g/mol. The largest absolute Gasteiger partial charge is 0.508 e. The lowest BCUT2D eigenvalue weighted by Crippen LogP contribution is -2.00. The highest BCUT2D eigenvalue weighted by Gasteiger charge is 2.00. The third kappa shape index (κ3) is 4.29. The maximum atomic E-state index is 9.28. The summed E-state index contributed by atoms with van der Waals surface area (Å²) in [5.41, 5.74) is 4.60. The van der Waals surface area contributed by atoms with E-state index in [9.17, 15) is 5.11 Å². The van der Waals surface area contributed by atoms with Crippen molar-refractivity contribution in [3.63, 3.8) is 0 Å². The minimum Gasteiger partial charge on any atom is -0.508 e. The number of phenols is 1. The van der Waals surface area contributed by atoms with Crippen LogP contribution in [0, 0.1) is 6.92 Å². The molecule has 3 aromatic carbocycles. The second-order valence-corrected chi connectivity index (χ2v) is 5.76. The zero-order valence-electron chi connectivity index (χ0n) is 13.7. The lowest BCUT2D eigenvalue weighted by Gasteiger charge is -2.10. The molecule has 3 nitrogen and oxygen atoms in total. The molecule has 0 aliphatic heterocycles. The Morgan fingerprint density at radius 2 is 1.58 bits per heavy atom. The molecule has 0 heterocycles. The zero-order chi connectivity index (χ0) is 16.8. The SMILES string of the molecule is Cc1ccccc1COc1ccc(CNc2ccc(O)cc2)cc1. The van der Waals surface area contributed by atoms with Crippen molar-refractivity contribution in [2.75, 3.05) is 5.32 Å². The van der Waals surface area contributed by atoms with Gasteiger partial charge in [0.1, 0.15) is 18.1 Å². The molecule has 0 spiro atoms. The molecule has 0 saturated heterocycles. The highest BCUT2D eigenvalue weighted by Crippen LogP contribution is 2.18. The van der Waals surface area contributed by atoms with Gasteiger partial charge in [0.05, 0.1) is 0 Å². The summed E-state index contributed by atoms with van der Waals surface area (Å²) in [4.78, 5) is 0. The lowest BCUT2D eigenvalue weighted by atomic mass is 10.1. The van der Waals surface area contributed by atoms with Crippen LogP contribution >= 0.6 is 0 Å². The van der Waals surface area contributed by atoms with Crippen molar-refractivity contribution in [2.45, 2.75) is 20.1 Å². The first-order chi connectivity index (χ1) is 11.7. The van der Waals surface area contributed by atoms with Crippen molar-refractivity contribution < 1.29 is 9.84 Å². The van der Waals surface area contributed by atoms with Crippen LogP contribution in [0.15, 0.2) is 72.8 Å². The first kappa shape index (κ1) is 15.9. The standard InChI is InChI=1S/C21H21NO2/c1-16-4-2-3-5-18(16)15-24-21-12-6-17(7-13-21)14-22-19-8-10-20(23)11-9-19/h2-13,22-23H,14-15H2,1H3. The van der Waals surface area contributed by atoms with Gasteiger partial charge in [-0.1, -0.05) is 36.4 Å². The Bertz CT molecular complexity index is 780. The van der Waals surface area contributed by atoms with Gasteiger partial charge in [0.2, 0.25) is 0 Å². The van der Waals surface area contributed by atoms with Crippen LogP contribution in [0.5, 0.6) is 11.5 Å². The van der Waals surface area contributed by atoms with Gasteiger partial charge >= 0.3 is 0 Å². The summed E-state index contributed by atoms with van der Waals surface area (Å²) >= 11 is 0. The maximum Gasteiger partial charge on any atom is 0.119 e. The maximum absolute atomic E-state index is 9.28. The third-order valence-electron chi connectivity index (χ3n) is 3.94. The van der Waals surface area contributed by atoms with Gasteiger partial charge in [-0.3, -0.25) is 0 Å². The van der Waals surface area contributed by atoms with E-state index in [0.29, 0.717) is 6.61 Å². The van der Waals surface area contributed by atoms with E-state index in [-0.39, 0.29) is 5.75 Å². The molecule has 0 bridgehead atoms. The molecule has 0 aliphatic rings. The summed E-state index contributed by atoms with van der Waals surface area (Å²) in [5, 5.41) is 12.6. The zero-order valence-corrected chi connectivity index (χ0v) is 13.7. The number of benzene rings is 3. The van der Waals surface area contributed by atoms with Gasteiger partial charge in [-0.15, -0.1) is 0 Å². The van der Waals surface area contributed by atoms with Crippen LogP contribution in [0.25, 0.3) is 0 Å². The minimum atomic E-state index is 0.274. The Morgan fingerprint density at radius 3 is 2.29 bits per heavy atom. The van der Waals surface area contributed by atoms with Crippen molar-refractivity contribution >= 4 is 5.69 Å². The van der Waals surface area contributed by atoms with Crippen LogP contribution in [0.4, 0.5) is 5.69 Å². The number of anilines is 1. The third-order valence-corrected chi connectivity index (χ3v) is 3.94. The monoisotopic (exact) mass is 319 g/mol. The molecule has 0 fully saturated rings. The predicted molar refractivity (Wildman–Crippen MR) is 97.4 cm³/mol. The number of aromatic hydroxyl groups is 1.